The largest absolute Gasteiger partial charge is 0.490 e. The molecule has 0 bridgehead atoms. The third kappa shape index (κ3) is 2.25. The molecule has 92 valence electrons. The highest BCUT2D eigenvalue weighted by Crippen LogP contribution is 2.38. The van der Waals surface area contributed by atoms with Crippen molar-refractivity contribution in [2.45, 2.75) is 37.6 Å². The molecule has 0 saturated heterocycles. The monoisotopic (exact) mass is 233 g/mol. The highest BCUT2D eigenvalue weighted by atomic mass is 16.5. The van der Waals surface area contributed by atoms with E-state index in [4.69, 9.17) is 15.2 Å². The number of hydrogen-bond donors (Lipinski definition) is 1. The zero-order valence-corrected chi connectivity index (χ0v) is 10.0. The maximum Gasteiger partial charge on any atom is 0.161 e. The number of ether oxygens (including phenoxy) is 2. The van der Waals surface area contributed by atoms with Gasteiger partial charge in [0.25, 0.3) is 0 Å². The predicted molar refractivity (Wildman–Crippen MR) is 66.6 cm³/mol. The Bertz CT molecular complexity index is 405. The fraction of sp³-hybridized carbons (Fsp3) is 0.571. The van der Waals surface area contributed by atoms with Gasteiger partial charge in [-0.15, -0.1) is 0 Å². The van der Waals surface area contributed by atoms with Gasteiger partial charge in [0.2, 0.25) is 0 Å². The van der Waals surface area contributed by atoms with Crippen LogP contribution in [0, 0.1) is 0 Å². The number of hydrogen-bond acceptors (Lipinski definition) is 3. The molecule has 1 fully saturated rings. The van der Waals surface area contributed by atoms with Crippen molar-refractivity contribution in [3.05, 3.63) is 23.8 Å². The van der Waals surface area contributed by atoms with Gasteiger partial charge in [-0.05, 0) is 42.9 Å². The van der Waals surface area contributed by atoms with Crippen molar-refractivity contribution in [2.75, 3.05) is 13.2 Å². The van der Waals surface area contributed by atoms with E-state index < -0.39 is 0 Å². The van der Waals surface area contributed by atoms with Crippen LogP contribution in [0.15, 0.2) is 18.2 Å². The van der Waals surface area contributed by atoms with Crippen LogP contribution in [0.1, 0.15) is 37.2 Å². The molecule has 2 unspecified atom stereocenters. The molecule has 1 aliphatic heterocycles. The minimum absolute atomic E-state index is 0.371. The standard InChI is InChI=1S/C14H19NO2/c15-12-4-2-10(8-12)11-3-5-13-14(9-11)17-7-1-6-16-13/h3,5,9-10,12H,1-2,4,6-8,15H2. The van der Waals surface area contributed by atoms with Gasteiger partial charge in [-0.3, -0.25) is 0 Å². The van der Waals surface area contributed by atoms with Crippen molar-refractivity contribution >= 4 is 0 Å². The lowest BCUT2D eigenvalue weighted by atomic mass is 9.97. The minimum atomic E-state index is 0.371. The Morgan fingerprint density at radius 3 is 2.65 bits per heavy atom. The van der Waals surface area contributed by atoms with Gasteiger partial charge in [0.15, 0.2) is 11.5 Å². The van der Waals surface area contributed by atoms with E-state index in [0.29, 0.717) is 12.0 Å². The van der Waals surface area contributed by atoms with Crippen molar-refractivity contribution in [2.24, 2.45) is 5.73 Å². The summed E-state index contributed by atoms with van der Waals surface area (Å²) in [7, 11) is 0. The van der Waals surface area contributed by atoms with Gasteiger partial charge in [-0.1, -0.05) is 6.07 Å². The fourth-order valence-corrected chi connectivity index (χ4v) is 2.75. The van der Waals surface area contributed by atoms with E-state index in [-0.39, 0.29) is 0 Å². The van der Waals surface area contributed by atoms with Crippen molar-refractivity contribution in [1.29, 1.82) is 0 Å². The van der Waals surface area contributed by atoms with Gasteiger partial charge in [-0.25, -0.2) is 0 Å². The molecule has 0 aromatic heterocycles. The SMILES string of the molecule is NC1CCC(c2ccc3c(c2)OCCCO3)C1. The van der Waals surface area contributed by atoms with Gasteiger partial charge in [0.1, 0.15) is 0 Å². The minimum Gasteiger partial charge on any atom is -0.490 e. The quantitative estimate of drug-likeness (QED) is 0.810. The normalized spacial score (nSPS) is 27.8. The molecule has 1 aromatic rings. The van der Waals surface area contributed by atoms with Crippen molar-refractivity contribution in [1.82, 2.24) is 0 Å². The summed E-state index contributed by atoms with van der Waals surface area (Å²) in [5, 5.41) is 0. The summed E-state index contributed by atoms with van der Waals surface area (Å²) in [4.78, 5) is 0. The molecule has 1 aliphatic carbocycles. The second kappa shape index (κ2) is 4.57. The van der Waals surface area contributed by atoms with E-state index in [1.165, 1.54) is 12.0 Å². The molecule has 2 aliphatic rings. The third-order valence-corrected chi connectivity index (χ3v) is 3.72. The Balaban J connectivity index is 1.84. The summed E-state index contributed by atoms with van der Waals surface area (Å²) in [5.74, 6) is 2.39. The lowest BCUT2D eigenvalue weighted by Gasteiger charge is -2.13. The Hall–Kier alpha value is -1.22. The molecule has 17 heavy (non-hydrogen) atoms. The summed E-state index contributed by atoms with van der Waals surface area (Å²) in [5.41, 5.74) is 7.32. The molecule has 0 spiro atoms. The van der Waals surface area contributed by atoms with Crippen molar-refractivity contribution in [3.63, 3.8) is 0 Å². The van der Waals surface area contributed by atoms with Crippen molar-refractivity contribution in [3.8, 4) is 11.5 Å². The first-order valence-electron chi connectivity index (χ1n) is 6.48. The summed E-state index contributed by atoms with van der Waals surface area (Å²) in [6, 6.07) is 6.72. The van der Waals surface area contributed by atoms with E-state index in [0.717, 1.165) is 44.0 Å². The van der Waals surface area contributed by atoms with Gasteiger partial charge in [0, 0.05) is 12.5 Å². The molecule has 0 amide bonds. The number of benzene rings is 1. The zero-order chi connectivity index (χ0) is 11.7. The molecule has 0 radical (unpaired) electrons. The first kappa shape index (κ1) is 10.9. The maximum absolute atomic E-state index is 5.97. The van der Waals surface area contributed by atoms with Gasteiger partial charge in [-0.2, -0.15) is 0 Å². The number of rotatable bonds is 1. The maximum atomic E-state index is 5.97. The first-order valence-corrected chi connectivity index (χ1v) is 6.48. The van der Waals surface area contributed by atoms with Gasteiger partial charge >= 0.3 is 0 Å². The lowest BCUT2D eigenvalue weighted by molar-refractivity contribution is 0.297. The second-order valence-corrected chi connectivity index (χ2v) is 5.03. The molecule has 1 heterocycles. The van der Waals surface area contributed by atoms with E-state index >= 15 is 0 Å². The molecule has 2 atom stereocenters. The Morgan fingerprint density at radius 1 is 1.06 bits per heavy atom. The lowest BCUT2D eigenvalue weighted by Crippen LogP contribution is -2.14. The highest BCUT2D eigenvalue weighted by molar-refractivity contribution is 5.44. The van der Waals surface area contributed by atoms with E-state index in [1.807, 2.05) is 6.07 Å². The Kier molecular flexibility index (Phi) is 2.93. The fourth-order valence-electron chi connectivity index (χ4n) is 2.75. The topological polar surface area (TPSA) is 44.5 Å². The van der Waals surface area contributed by atoms with Crippen LogP contribution in [0.4, 0.5) is 0 Å². The summed E-state index contributed by atoms with van der Waals surface area (Å²) >= 11 is 0. The van der Waals surface area contributed by atoms with Gasteiger partial charge in [0.05, 0.1) is 13.2 Å². The average Bonchev–Trinajstić information content (AvgIpc) is 2.64. The number of fused-ring (bicyclic) bond motifs is 1. The average molecular weight is 233 g/mol. The smallest absolute Gasteiger partial charge is 0.161 e. The summed E-state index contributed by atoms with van der Waals surface area (Å²) in [6.45, 7) is 1.50. The van der Waals surface area contributed by atoms with Crippen molar-refractivity contribution < 1.29 is 9.47 Å². The van der Waals surface area contributed by atoms with Crippen LogP contribution in [0.3, 0.4) is 0 Å². The zero-order valence-electron chi connectivity index (χ0n) is 10.0. The molecule has 3 heteroatoms. The highest BCUT2D eigenvalue weighted by Gasteiger charge is 2.24. The molecule has 3 rings (SSSR count). The van der Waals surface area contributed by atoms with Crippen LogP contribution in [0.5, 0.6) is 11.5 Å². The molecule has 1 saturated carbocycles. The van der Waals surface area contributed by atoms with Crippen LogP contribution < -0.4 is 15.2 Å². The van der Waals surface area contributed by atoms with E-state index in [1.54, 1.807) is 0 Å². The van der Waals surface area contributed by atoms with Crippen LogP contribution in [-0.4, -0.2) is 19.3 Å². The summed E-state index contributed by atoms with van der Waals surface area (Å²) < 4.78 is 11.4. The molecule has 1 aromatic carbocycles. The van der Waals surface area contributed by atoms with Crippen LogP contribution in [0.25, 0.3) is 0 Å². The molecular weight excluding hydrogens is 214 g/mol. The first-order chi connectivity index (χ1) is 8.33. The number of nitrogens with two attached hydrogens (primary N) is 1. The molecule has 3 nitrogen and oxygen atoms in total. The van der Waals surface area contributed by atoms with Crippen LogP contribution in [0.2, 0.25) is 0 Å². The Morgan fingerprint density at radius 2 is 1.88 bits per heavy atom. The molecular formula is C14H19NO2. The van der Waals surface area contributed by atoms with Crippen LogP contribution in [-0.2, 0) is 0 Å². The Labute approximate surface area is 102 Å². The van der Waals surface area contributed by atoms with Crippen LogP contribution >= 0.6 is 0 Å². The van der Waals surface area contributed by atoms with E-state index in [2.05, 4.69) is 12.1 Å². The van der Waals surface area contributed by atoms with E-state index in [9.17, 15) is 0 Å². The molecule has 2 N–H and O–H groups in total. The van der Waals surface area contributed by atoms with Gasteiger partial charge < -0.3 is 15.2 Å². The predicted octanol–water partition coefficient (Wildman–Crippen LogP) is 2.44. The second-order valence-electron chi connectivity index (χ2n) is 5.03. The third-order valence-electron chi connectivity index (χ3n) is 3.72. The summed E-state index contributed by atoms with van der Waals surface area (Å²) in [6.07, 6.45) is 4.39.